The van der Waals surface area contributed by atoms with Crippen LogP contribution in [0.15, 0.2) is 11.4 Å². The number of rotatable bonds is 9. The molecule has 2 unspecified atom stereocenters. The zero-order chi connectivity index (χ0) is 13.4. The standard InChI is InChI=1S/C15H27NOS/c1-4-5-6-7-8-10-17-14(13(3)16)15-12(2)9-11-18-15/h9,11,13-14H,4-8,10,16H2,1-3H3. The van der Waals surface area contributed by atoms with Gasteiger partial charge in [0.2, 0.25) is 0 Å². The maximum atomic E-state index is 6.04. The fourth-order valence-corrected chi connectivity index (χ4v) is 3.15. The molecule has 2 atom stereocenters. The van der Waals surface area contributed by atoms with Crippen LogP contribution < -0.4 is 5.73 Å². The van der Waals surface area contributed by atoms with E-state index in [9.17, 15) is 0 Å². The average molecular weight is 269 g/mol. The third kappa shape index (κ3) is 5.09. The van der Waals surface area contributed by atoms with Crippen LogP contribution in [0.2, 0.25) is 0 Å². The average Bonchev–Trinajstić information content (AvgIpc) is 2.74. The molecule has 18 heavy (non-hydrogen) atoms. The molecule has 0 aliphatic rings. The highest BCUT2D eigenvalue weighted by Gasteiger charge is 2.19. The zero-order valence-electron chi connectivity index (χ0n) is 11.9. The van der Waals surface area contributed by atoms with Crippen molar-refractivity contribution in [3.63, 3.8) is 0 Å². The van der Waals surface area contributed by atoms with Gasteiger partial charge in [0, 0.05) is 17.5 Å². The normalized spacial score (nSPS) is 14.7. The van der Waals surface area contributed by atoms with Crippen molar-refractivity contribution in [2.24, 2.45) is 5.73 Å². The van der Waals surface area contributed by atoms with E-state index in [4.69, 9.17) is 10.5 Å². The smallest absolute Gasteiger partial charge is 0.107 e. The molecule has 1 aromatic heterocycles. The maximum Gasteiger partial charge on any atom is 0.107 e. The minimum absolute atomic E-state index is 0.0537. The lowest BCUT2D eigenvalue weighted by Crippen LogP contribution is -2.27. The molecule has 2 nitrogen and oxygen atoms in total. The molecule has 3 heteroatoms. The van der Waals surface area contributed by atoms with Gasteiger partial charge in [-0.1, -0.05) is 32.6 Å². The van der Waals surface area contributed by atoms with Crippen molar-refractivity contribution in [3.8, 4) is 0 Å². The fourth-order valence-electron chi connectivity index (χ4n) is 2.06. The highest BCUT2D eigenvalue weighted by atomic mass is 32.1. The number of thiophene rings is 1. The molecule has 0 fully saturated rings. The molecular formula is C15H27NOS. The minimum atomic E-state index is 0.0537. The monoisotopic (exact) mass is 269 g/mol. The molecule has 0 amide bonds. The highest BCUT2D eigenvalue weighted by molar-refractivity contribution is 7.10. The van der Waals surface area contributed by atoms with Gasteiger partial charge in [-0.15, -0.1) is 11.3 Å². The number of aryl methyl sites for hydroxylation is 1. The number of nitrogens with two attached hydrogens (primary N) is 1. The Morgan fingerprint density at radius 1 is 1.28 bits per heavy atom. The lowest BCUT2D eigenvalue weighted by molar-refractivity contribution is 0.0378. The number of hydrogen-bond acceptors (Lipinski definition) is 3. The second-order valence-corrected chi connectivity index (χ2v) is 5.98. The molecule has 0 spiro atoms. The first-order valence-electron chi connectivity index (χ1n) is 7.08. The first-order valence-corrected chi connectivity index (χ1v) is 7.96. The van der Waals surface area contributed by atoms with Gasteiger partial charge in [-0.2, -0.15) is 0 Å². The lowest BCUT2D eigenvalue weighted by Gasteiger charge is -2.21. The zero-order valence-corrected chi connectivity index (χ0v) is 12.8. The van der Waals surface area contributed by atoms with E-state index in [2.05, 4.69) is 25.3 Å². The van der Waals surface area contributed by atoms with E-state index < -0.39 is 0 Å². The number of unbranched alkanes of at least 4 members (excludes halogenated alkanes) is 4. The van der Waals surface area contributed by atoms with Gasteiger partial charge in [-0.25, -0.2) is 0 Å². The summed E-state index contributed by atoms with van der Waals surface area (Å²) in [6.45, 7) is 7.22. The first kappa shape index (κ1) is 15.7. The summed E-state index contributed by atoms with van der Waals surface area (Å²) in [5.41, 5.74) is 7.34. The van der Waals surface area contributed by atoms with Crippen molar-refractivity contribution < 1.29 is 4.74 Å². The molecule has 0 saturated carbocycles. The van der Waals surface area contributed by atoms with E-state index in [1.54, 1.807) is 11.3 Å². The Bertz CT molecular complexity index is 322. The topological polar surface area (TPSA) is 35.2 Å². The molecule has 0 bridgehead atoms. The molecule has 0 saturated heterocycles. The van der Waals surface area contributed by atoms with E-state index >= 15 is 0 Å². The Labute approximate surface area is 116 Å². The van der Waals surface area contributed by atoms with Crippen molar-refractivity contribution in [1.82, 2.24) is 0 Å². The second-order valence-electron chi connectivity index (χ2n) is 5.03. The summed E-state index contributed by atoms with van der Waals surface area (Å²) < 4.78 is 5.99. The number of hydrogen-bond donors (Lipinski definition) is 1. The molecule has 0 aliphatic heterocycles. The summed E-state index contributed by atoms with van der Waals surface area (Å²) in [6, 6.07) is 2.19. The summed E-state index contributed by atoms with van der Waals surface area (Å²) in [6.07, 6.45) is 6.42. The molecule has 1 aromatic rings. The van der Waals surface area contributed by atoms with Crippen LogP contribution >= 0.6 is 11.3 Å². The predicted molar refractivity (Wildman–Crippen MR) is 80.2 cm³/mol. The molecule has 2 N–H and O–H groups in total. The van der Waals surface area contributed by atoms with Gasteiger partial charge in [0.25, 0.3) is 0 Å². The summed E-state index contributed by atoms with van der Waals surface area (Å²) >= 11 is 1.75. The van der Waals surface area contributed by atoms with Crippen LogP contribution in [-0.2, 0) is 4.74 Å². The van der Waals surface area contributed by atoms with Crippen molar-refractivity contribution >= 4 is 11.3 Å². The molecular weight excluding hydrogens is 242 g/mol. The third-order valence-electron chi connectivity index (χ3n) is 3.18. The van der Waals surface area contributed by atoms with Gasteiger partial charge in [-0.05, 0) is 37.3 Å². The van der Waals surface area contributed by atoms with Crippen LogP contribution in [0.25, 0.3) is 0 Å². The molecule has 0 aromatic carbocycles. The van der Waals surface area contributed by atoms with Crippen LogP contribution in [0.5, 0.6) is 0 Å². The van der Waals surface area contributed by atoms with Crippen molar-refractivity contribution in [2.75, 3.05) is 6.61 Å². The second kappa shape index (κ2) is 8.68. The van der Waals surface area contributed by atoms with Crippen LogP contribution in [0.4, 0.5) is 0 Å². The van der Waals surface area contributed by atoms with Crippen LogP contribution in [0.3, 0.4) is 0 Å². The summed E-state index contributed by atoms with van der Waals surface area (Å²) in [5.74, 6) is 0. The van der Waals surface area contributed by atoms with E-state index in [1.807, 2.05) is 6.92 Å². The van der Waals surface area contributed by atoms with Crippen molar-refractivity contribution in [1.29, 1.82) is 0 Å². The minimum Gasteiger partial charge on any atom is -0.371 e. The largest absolute Gasteiger partial charge is 0.371 e. The van der Waals surface area contributed by atoms with E-state index in [-0.39, 0.29) is 12.1 Å². The Hall–Kier alpha value is -0.380. The summed E-state index contributed by atoms with van der Waals surface area (Å²) in [5, 5.41) is 2.12. The molecule has 0 radical (unpaired) electrons. The Morgan fingerprint density at radius 2 is 2.00 bits per heavy atom. The first-order chi connectivity index (χ1) is 8.66. The quantitative estimate of drug-likeness (QED) is 0.673. The molecule has 0 aliphatic carbocycles. The molecule has 104 valence electrons. The molecule has 1 rings (SSSR count). The van der Waals surface area contributed by atoms with Gasteiger partial charge in [0.05, 0.1) is 0 Å². The number of ether oxygens (including phenoxy) is 1. The SMILES string of the molecule is CCCCCCCOC(c1sccc1C)C(C)N. The fraction of sp³-hybridized carbons (Fsp3) is 0.733. The lowest BCUT2D eigenvalue weighted by atomic mass is 10.1. The molecule has 1 heterocycles. The van der Waals surface area contributed by atoms with Crippen molar-refractivity contribution in [2.45, 2.75) is 65.0 Å². The maximum absolute atomic E-state index is 6.04. The highest BCUT2D eigenvalue weighted by Crippen LogP contribution is 2.28. The Kier molecular flexibility index (Phi) is 7.56. The van der Waals surface area contributed by atoms with Crippen molar-refractivity contribution in [3.05, 3.63) is 21.9 Å². The van der Waals surface area contributed by atoms with Gasteiger partial charge in [0.15, 0.2) is 0 Å². The predicted octanol–water partition coefficient (Wildman–Crippen LogP) is 4.43. The Balaban J connectivity index is 2.34. The van der Waals surface area contributed by atoms with E-state index in [0.717, 1.165) is 13.0 Å². The summed E-state index contributed by atoms with van der Waals surface area (Å²) in [4.78, 5) is 1.29. The third-order valence-corrected chi connectivity index (χ3v) is 4.26. The van der Waals surface area contributed by atoms with Gasteiger partial charge < -0.3 is 10.5 Å². The van der Waals surface area contributed by atoms with E-state index in [0.29, 0.717) is 0 Å². The van der Waals surface area contributed by atoms with Crippen LogP contribution in [0.1, 0.15) is 62.5 Å². The van der Waals surface area contributed by atoms with Crippen LogP contribution in [-0.4, -0.2) is 12.6 Å². The Morgan fingerprint density at radius 3 is 2.56 bits per heavy atom. The van der Waals surface area contributed by atoms with Gasteiger partial charge >= 0.3 is 0 Å². The van der Waals surface area contributed by atoms with E-state index in [1.165, 1.54) is 36.1 Å². The summed E-state index contributed by atoms with van der Waals surface area (Å²) in [7, 11) is 0. The van der Waals surface area contributed by atoms with Crippen LogP contribution in [0, 0.1) is 6.92 Å². The van der Waals surface area contributed by atoms with Gasteiger partial charge in [-0.3, -0.25) is 0 Å². The van der Waals surface area contributed by atoms with Gasteiger partial charge in [0.1, 0.15) is 6.10 Å².